The Kier molecular flexibility index (Phi) is 4.01. The zero-order valence-electron chi connectivity index (χ0n) is 12.7. The number of hydrogen-bond acceptors (Lipinski definition) is 4. The molecule has 0 bridgehead atoms. The molecular formula is C18H18N4. The summed E-state index contributed by atoms with van der Waals surface area (Å²) in [5.74, 6) is 1.53. The van der Waals surface area contributed by atoms with Gasteiger partial charge in [-0.15, -0.1) is 0 Å². The smallest absolute Gasteiger partial charge is 0.135 e. The molecule has 2 aromatic carbocycles. The highest BCUT2D eigenvalue weighted by Gasteiger charge is 2.03. The summed E-state index contributed by atoms with van der Waals surface area (Å²) in [5.41, 5.74) is 4.44. The first-order valence-electron chi connectivity index (χ1n) is 7.20. The first-order chi connectivity index (χ1) is 10.7. The van der Waals surface area contributed by atoms with Crippen LogP contribution in [0.5, 0.6) is 0 Å². The molecular weight excluding hydrogens is 272 g/mol. The summed E-state index contributed by atoms with van der Waals surface area (Å²) in [5, 5.41) is 6.64. The summed E-state index contributed by atoms with van der Waals surface area (Å²) in [6.07, 6.45) is 1.56. The molecule has 110 valence electrons. The summed E-state index contributed by atoms with van der Waals surface area (Å²) in [6, 6.07) is 18.1. The zero-order chi connectivity index (χ0) is 15.4. The van der Waals surface area contributed by atoms with Gasteiger partial charge in [-0.1, -0.05) is 36.4 Å². The Labute approximate surface area is 130 Å². The van der Waals surface area contributed by atoms with Crippen LogP contribution in [-0.4, -0.2) is 9.97 Å². The summed E-state index contributed by atoms with van der Waals surface area (Å²) in [6.45, 7) is 4.13. The van der Waals surface area contributed by atoms with E-state index in [1.165, 1.54) is 11.1 Å². The Balaban J connectivity index is 1.81. The molecule has 3 rings (SSSR count). The van der Waals surface area contributed by atoms with Crippen LogP contribution >= 0.6 is 0 Å². The SMILES string of the molecule is Cc1ccccc1Nc1cc(Nc2ccccc2C)ncn1. The summed E-state index contributed by atoms with van der Waals surface area (Å²) >= 11 is 0. The van der Waals surface area contributed by atoms with Gasteiger partial charge in [-0.05, 0) is 37.1 Å². The van der Waals surface area contributed by atoms with E-state index in [0.717, 1.165) is 23.0 Å². The fourth-order valence-corrected chi connectivity index (χ4v) is 2.20. The van der Waals surface area contributed by atoms with E-state index < -0.39 is 0 Å². The van der Waals surface area contributed by atoms with Gasteiger partial charge >= 0.3 is 0 Å². The van der Waals surface area contributed by atoms with Gasteiger partial charge in [0.1, 0.15) is 18.0 Å². The van der Waals surface area contributed by atoms with Crippen LogP contribution < -0.4 is 10.6 Å². The second-order valence-corrected chi connectivity index (χ2v) is 5.17. The minimum Gasteiger partial charge on any atom is -0.340 e. The quantitative estimate of drug-likeness (QED) is 0.738. The molecule has 22 heavy (non-hydrogen) atoms. The van der Waals surface area contributed by atoms with Gasteiger partial charge in [-0.2, -0.15) is 0 Å². The Hall–Kier alpha value is -2.88. The van der Waals surface area contributed by atoms with Crippen molar-refractivity contribution < 1.29 is 0 Å². The van der Waals surface area contributed by atoms with Gasteiger partial charge < -0.3 is 10.6 Å². The minimum atomic E-state index is 0.764. The largest absolute Gasteiger partial charge is 0.340 e. The number of aryl methyl sites for hydroxylation is 2. The molecule has 2 N–H and O–H groups in total. The lowest BCUT2D eigenvalue weighted by atomic mass is 10.2. The highest BCUT2D eigenvalue weighted by atomic mass is 15.1. The van der Waals surface area contributed by atoms with E-state index in [2.05, 4.69) is 46.6 Å². The van der Waals surface area contributed by atoms with Gasteiger partial charge in [-0.3, -0.25) is 0 Å². The van der Waals surface area contributed by atoms with Crippen molar-refractivity contribution in [3.63, 3.8) is 0 Å². The van der Waals surface area contributed by atoms with Gasteiger partial charge in [-0.25, -0.2) is 9.97 Å². The Morgan fingerprint density at radius 1 is 0.682 bits per heavy atom. The monoisotopic (exact) mass is 290 g/mol. The number of hydrogen-bond donors (Lipinski definition) is 2. The van der Waals surface area contributed by atoms with Crippen molar-refractivity contribution in [1.29, 1.82) is 0 Å². The average molecular weight is 290 g/mol. The maximum absolute atomic E-state index is 4.28. The van der Waals surface area contributed by atoms with Crippen LogP contribution in [0, 0.1) is 13.8 Å². The average Bonchev–Trinajstić information content (AvgIpc) is 2.52. The Morgan fingerprint density at radius 3 is 1.59 bits per heavy atom. The summed E-state index contributed by atoms with van der Waals surface area (Å²) in [4.78, 5) is 8.56. The van der Waals surface area contributed by atoms with Crippen LogP contribution in [0.2, 0.25) is 0 Å². The molecule has 0 saturated carbocycles. The second-order valence-electron chi connectivity index (χ2n) is 5.17. The van der Waals surface area contributed by atoms with Crippen molar-refractivity contribution in [3.8, 4) is 0 Å². The third-order valence-corrected chi connectivity index (χ3v) is 3.48. The fraction of sp³-hybridized carbons (Fsp3) is 0.111. The van der Waals surface area contributed by atoms with Gasteiger partial charge in [0.05, 0.1) is 0 Å². The highest BCUT2D eigenvalue weighted by molar-refractivity contribution is 5.65. The number of nitrogens with zero attached hydrogens (tertiary/aromatic N) is 2. The molecule has 0 amide bonds. The van der Waals surface area contributed by atoms with Crippen molar-refractivity contribution in [2.45, 2.75) is 13.8 Å². The molecule has 1 heterocycles. The lowest BCUT2D eigenvalue weighted by Gasteiger charge is -2.11. The van der Waals surface area contributed by atoms with Gasteiger partial charge in [0, 0.05) is 17.4 Å². The van der Waals surface area contributed by atoms with E-state index in [4.69, 9.17) is 0 Å². The van der Waals surface area contributed by atoms with E-state index in [9.17, 15) is 0 Å². The second kappa shape index (κ2) is 6.26. The maximum Gasteiger partial charge on any atom is 0.135 e. The molecule has 0 aliphatic rings. The Morgan fingerprint density at radius 2 is 1.14 bits per heavy atom. The first kappa shape index (κ1) is 14.1. The predicted molar refractivity (Wildman–Crippen MR) is 91.0 cm³/mol. The summed E-state index contributed by atoms with van der Waals surface area (Å²) in [7, 11) is 0. The van der Waals surface area contributed by atoms with Crippen LogP contribution in [0.4, 0.5) is 23.0 Å². The van der Waals surface area contributed by atoms with E-state index in [1.807, 2.05) is 42.5 Å². The molecule has 0 aliphatic heterocycles. The molecule has 0 saturated heterocycles. The molecule has 0 aliphatic carbocycles. The van der Waals surface area contributed by atoms with Crippen molar-refractivity contribution in [3.05, 3.63) is 72.1 Å². The van der Waals surface area contributed by atoms with E-state index in [0.29, 0.717) is 0 Å². The maximum atomic E-state index is 4.28. The molecule has 0 radical (unpaired) electrons. The van der Waals surface area contributed by atoms with Crippen LogP contribution in [0.15, 0.2) is 60.9 Å². The van der Waals surface area contributed by atoms with Crippen LogP contribution in [0.3, 0.4) is 0 Å². The van der Waals surface area contributed by atoms with E-state index in [1.54, 1.807) is 6.33 Å². The molecule has 0 fully saturated rings. The van der Waals surface area contributed by atoms with Crippen LogP contribution in [0.25, 0.3) is 0 Å². The topological polar surface area (TPSA) is 49.8 Å². The van der Waals surface area contributed by atoms with Crippen molar-refractivity contribution in [1.82, 2.24) is 9.97 Å². The Bertz CT molecular complexity index is 721. The van der Waals surface area contributed by atoms with Crippen LogP contribution in [-0.2, 0) is 0 Å². The number of anilines is 4. The standard InChI is InChI=1S/C18H18N4/c1-13-7-3-5-9-15(13)21-17-11-18(20-12-19-17)22-16-10-6-4-8-14(16)2/h3-12H,1-2H3,(H2,19,20,21,22). The van der Waals surface area contributed by atoms with Gasteiger partial charge in [0.2, 0.25) is 0 Å². The first-order valence-corrected chi connectivity index (χ1v) is 7.20. The van der Waals surface area contributed by atoms with E-state index in [-0.39, 0.29) is 0 Å². The van der Waals surface area contributed by atoms with Gasteiger partial charge in [0.15, 0.2) is 0 Å². The fourth-order valence-electron chi connectivity index (χ4n) is 2.20. The lowest BCUT2D eigenvalue weighted by Crippen LogP contribution is -2.00. The third kappa shape index (κ3) is 3.23. The molecule has 4 nitrogen and oxygen atoms in total. The molecule has 0 atom stereocenters. The number of rotatable bonds is 4. The van der Waals surface area contributed by atoms with E-state index >= 15 is 0 Å². The normalized spacial score (nSPS) is 10.3. The number of benzene rings is 2. The minimum absolute atomic E-state index is 0.764. The van der Waals surface area contributed by atoms with Crippen LogP contribution in [0.1, 0.15) is 11.1 Å². The summed E-state index contributed by atoms with van der Waals surface area (Å²) < 4.78 is 0. The van der Waals surface area contributed by atoms with Crippen molar-refractivity contribution >= 4 is 23.0 Å². The molecule has 0 spiro atoms. The third-order valence-electron chi connectivity index (χ3n) is 3.48. The number of nitrogens with one attached hydrogen (secondary N) is 2. The molecule has 4 heteroatoms. The van der Waals surface area contributed by atoms with Gasteiger partial charge in [0.25, 0.3) is 0 Å². The molecule has 3 aromatic rings. The highest BCUT2D eigenvalue weighted by Crippen LogP contribution is 2.22. The number of para-hydroxylation sites is 2. The van der Waals surface area contributed by atoms with Crippen molar-refractivity contribution in [2.75, 3.05) is 10.6 Å². The molecule has 1 aromatic heterocycles. The predicted octanol–water partition coefficient (Wildman–Crippen LogP) is 4.58. The lowest BCUT2D eigenvalue weighted by molar-refractivity contribution is 1.16. The molecule has 0 unspecified atom stereocenters. The van der Waals surface area contributed by atoms with Crippen molar-refractivity contribution in [2.24, 2.45) is 0 Å². The zero-order valence-corrected chi connectivity index (χ0v) is 12.7. The number of aromatic nitrogens is 2.